The summed E-state index contributed by atoms with van der Waals surface area (Å²) in [5, 5.41) is 0. The molecule has 2 atom stereocenters. The van der Waals surface area contributed by atoms with E-state index in [0.717, 1.165) is 17.6 Å². The largest absolute Gasteiger partial charge is 0.179 e. The summed E-state index contributed by atoms with van der Waals surface area (Å²) in [6.45, 7) is 2.36. The minimum absolute atomic E-state index is 0.919. The highest BCUT2D eigenvalue weighted by Gasteiger charge is 2.18. The molecular formula is C8H16S. The Morgan fingerprint density at radius 1 is 1.33 bits per heavy atom. The topological polar surface area (TPSA) is 0 Å². The average molecular weight is 144 g/mol. The van der Waals surface area contributed by atoms with Crippen molar-refractivity contribution in [1.82, 2.24) is 0 Å². The van der Waals surface area contributed by atoms with Gasteiger partial charge in [-0.1, -0.05) is 26.2 Å². The Hall–Kier alpha value is 0.350. The van der Waals surface area contributed by atoms with E-state index in [2.05, 4.69) is 19.6 Å². The molecule has 0 spiro atoms. The van der Waals surface area contributed by atoms with Crippen molar-refractivity contribution in [3.63, 3.8) is 0 Å². The first kappa shape index (κ1) is 7.46. The van der Waals surface area contributed by atoms with E-state index in [1.54, 1.807) is 0 Å². The van der Waals surface area contributed by atoms with E-state index in [4.69, 9.17) is 0 Å². The molecule has 1 heteroatoms. The lowest BCUT2D eigenvalue weighted by molar-refractivity contribution is 0.282. The standard InChI is InChI=1S/C8H16S/c1-7-4-2-3-5-8(7)6-9/h7-9H,2-6H2,1H3/t7-,8?/m0/s1. The Morgan fingerprint density at radius 3 is 2.44 bits per heavy atom. The summed E-state index contributed by atoms with van der Waals surface area (Å²) in [5.74, 6) is 2.96. The van der Waals surface area contributed by atoms with Crippen molar-refractivity contribution in [2.75, 3.05) is 5.75 Å². The minimum atomic E-state index is 0.919. The summed E-state index contributed by atoms with van der Waals surface area (Å²) in [6, 6.07) is 0. The molecule has 1 aliphatic carbocycles. The molecule has 1 rings (SSSR count). The van der Waals surface area contributed by atoms with Crippen molar-refractivity contribution in [1.29, 1.82) is 0 Å². The quantitative estimate of drug-likeness (QED) is 0.537. The highest BCUT2D eigenvalue weighted by molar-refractivity contribution is 7.80. The molecule has 0 saturated heterocycles. The van der Waals surface area contributed by atoms with Crippen molar-refractivity contribution < 1.29 is 0 Å². The monoisotopic (exact) mass is 144 g/mol. The van der Waals surface area contributed by atoms with E-state index >= 15 is 0 Å². The van der Waals surface area contributed by atoms with Crippen LogP contribution in [-0.4, -0.2) is 5.75 Å². The zero-order valence-electron chi connectivity index (χ0n) is 6.14. The fourth-order valence-electron chi connectivity index (χ4n) is 1.66. The molecule has 0 aromatic rings. The van der Waals surface area contributed by atoms with Crippen LogP contribution in [0.2, 0.25) is 0 Å². The molecule has 9 heavy (non-hydrogen) atoms. The van der Waals surface area contributed by atoms with E-state index in [0.29, 0.717) is 0 Å². The lowest BCUT2D eigenvalue weighted by atomic mass is 9.82. The van der Waals surface area contributed by atoms with Crippen LogP contribution < -0.4 is 0 Å². The predicted molar refractivity (Wildman–Crippen MR) is 45.0 cm³/mol. The molecule has 1 saturated carbocycles. The maximum absolute atomic E-state index is 4.32. The predicted octanol–water partition coefficient (Wildman–Crippen LogP) is 2.74. The lowest BCUT2D eigenvalue weighted by Crippen LogP contribution is -2.17. The van der Waals surface area contributed by atoms with Crippen LogP contribution in [0.1, 0.15) is 32.6 Å². The molecule has 0 aromatic carbocycles. The van der Waals surface area contributed by atoms with Gasteiger partial charge in [0.05, 0.1) is 0 Å². The molecule has 0 radical (unpaired) electrons. The van der Waals surface area contributed by atoms with Crippen molar-refractivity contribution in [3.05, 3.63) is 0 Å². The van der Waals surface area contributed by atoms with Gasteiger partial charge in [0.25, 0.3) is 0 Å². The molecule has 0 amide bonds. The van der Waals surface area contributed by atoms with Gasteiger partial charge in [0.1, 0.15) is 0 Å². The molecule has 1 fully saturated rings. The van der Waals surface area contributed by atoms with Gasteiger partial charge in [0.15, 0.2) is 0 Å². The first-order valence-electron chi connectivity index (χ1n) is 3.95. The molecule has 1 aliphatic rings. The summed E-state index contributed by atoms with van der Waals surface area (Å²) in [4.78, 5) is 0. The molecule has 0 N–H and O–H groups in total. The van der Waals surface area contributed by atoms with Gasteiger partial charge in [-0.05, 0) is 24.0 Å². The van der Waals surface area contributed by atoms with E-state index < -0.39 is 0 Å². The number of rotatable bonds is 1. The van der Waals surface area contributed by atoms with Crippen LogP contribution in [0, 0.1) is 11.8 Å². The summed E-state index contributed by atoms with van der Waals surface area (Å²) in [6.07, 6.45) is 5.75. The highest BCUT2D eigenvalue weighted by Crippen LogP contribution is 2.29. The second-order valence-corrected chi connectivity index (χ2v) is 3.57. The maximum Gasteiger partial charge on any atom is -0.00670 e. The Bertz CT molecular complexity index is 80.6. The van der Waals surface area contributed by atoms with Crippen molar-refractivity contribution >= 4 is 12.6 Å². The molecule has 0 nitrogen and oxygen atoms in total. The van der Waals surface area contributed by atoms with Crippen LogP contribution in [0.5, 0.6) is 0 Å². The minimum Gasteiger partial charge on any atom is -0.179 e. The molecule has 1 unspecified atom stereocenters. The van der Waals surface area contributed by atoms with Crippen LogP contribution in [0.15, 0.2) is 0 Å². The van der Waals surface area contributed by atoms with E-state index in [-0.39, 0.29) is 0 Å². The zero-order chi connectivity index (χ0) is 6.69. The van der Waals surface area contributed by atoms with Crippen molar-refractivity contribution in [2.45, 2.75) is 32.6 Å². The van der Waals surface area contributed by atoms with E-state index in [1.165, 1.54) is 25.7 Å². The van der Waals surface area contributed by atoms with Gasteiger partial charge in [-0.15, -0.1) is 0 Å². The third kappa shape index (κ3) is 1.89. The van der Waals surface area contributed by atoms with Gasteiger partial charge >= 0.3 is 0 Å². The van der Waals surface area contributed by atoms with E-state index in [1.807, 2.05) is 0 Å². The Kier molecular flexibility index (Phi) is 2.90. The highest BCUT2D eigenvalue weighted by atomic mass is 32.1. The number of hydrogen-bond donors (Lipinski definition) is 1. The second kappa shape index (κ2) is 3.50. The zero-order valence-corrected chi connectivity index (χ0v) is 7.03. The summed E-state index contributed by atoms with van der Waals surface area (Å²) < 4.78 is 0. The molecule has 0 aliphatic heterocycles. The second-order valence-electron chi connectivity index (χ2n) is 3.20. The van der Waals surface area contributed by atoms with Crippen LogP contribution >= 0.6 is 12.6 Å². The smallest absolute Gasteiger partial charge is 0.00670 e. The Labute approximate surface area is 63.4 Å². The van der Waals surface area contributed by atoms with Crippen molar-refractivity contribution in [3.8, 4) is 0 Å². The first-order chi connectivity index (χ1) is 4.34. The van der Waals surface area contributed by atoms with Crippen LogP contribution in [0.3, 0.4) is 0 Å². The Morgan fingerprint density at radius 2 is 2.00 bits per heavy atom. The third-order valence-electron chi connectivity index (χ3n) is 2.52. The number of thiol groups is 1. The lowest BCUT2D eigenvalue weighted by Gasteiger charge is -2.26. The molecular weight excluding hydrogens is 128 g/mol. The first-order valence-corrected chi connectivity index (χ1v) is 4.58. The third-order valence-corrected chi connectivity index (χ3v) is 2.99. The summed E-state index contributed by atoms with van der Waals surface area (Å²) in [5.41, 5.74) is 0. The molecule has 0 bridgehead atoms. The van der Waals surface area contributed by atoms with Gasteiger partial charge in [-0.25, -0.2) is 0 Å². The van der Waals surface area contributed by atoms with Crippen LogP contribution in [-0.2, 0) is 0 Å². The normalized spacial score (nSPS) is 36.7. The molecule has 54 valence electrons. The van der Waals surface area contributed by atoms with Gasteiger partial charge in [-0.2, -0.15) is 12.6 Å². The SMILES string of the molecule is C[C@H]1CCCCC1CS. The van der Waals surface area contributed by atoms with Crippen molar-refractivity contribution in [2.24, 2.45) is 11.8 Å². The van der Waals surface area contributed by atoms with Gasteiger partial charge in [-0.3, -0.25) is 0 Å². The fourth-order valence-corrected chi connectivity index (χ4v) is 2.21. The van der Waals surface area contributed by atoms with E-state index in [9.17, 15) is 0 Å². The van der Waals surface area contributed by atoms with Crippen LogP contribution in [0.25, 0.3) is 0 Å². The average Bonchev–Trinajstić information content (AvgIpc) is 1.89. The molecule has 0 heterocycles. The fraction of sp³-hybridized carbons (Fsp3) is 1.00. The molecule has 0 aromatic heterocycles. The summed E-state index contributed by atoms with van der Waals surface area (Å²) >= 11 is 4.32. The van der Waals surface area contributed by atoms with Gasteiger partial charge < -0.3 is 0 Å². The Balaban J connectivity index is 2.30. The van der Waals surface area contributed by atoms with Gasteiger partial charge in [0, 0.05) is 0 Å². The summed E-state index contributed by atoms with van der Waals surface area (Å²) in [7, 11) is 0. The van der Waals surface area contributed by atoms with Crippen LogP contribution in [0.4, 0.5) is 0 Å². The maximum atomic E-state index is 4.32. The number of hydrogen-bond acceptors (Lipinski definition) is 1. The van der Waals surface area contributed by atoms with Gasteiger partial charge in [0.2, 0.25) is 0 Å².